The van der Waals surface area contributed by atoms with Crippen LogP contribution in [0.4, 0.5) is 13.2 Å². The van der Waals surface area contributed by atoms with Gasteiger partial charge in [0.15, 0.2) is 6.61 Å². The fourth-order valence-corrected chi connectivity index (χ4v) is 1.29. The van der Waals surface area contributed by atoms with Crippen LogP contribution in [0.15, 0.2) is 12.3 Å². The molecule has 0 fully saturated rings. The van der Waals surface area contributed by atoms with E-state index >= 15 is 0 Å². The molecule has 0 unspecified atom stereocenters. The molecule has 90 valence electrons. The molecule has 6 heteroatoms. The van der Waals surface area contributed by atoms with Crippen LogP contribution >= 0.6 is 11.6 Å². The van der Waals surface area contributed by atoms with Gasteiger partial charge in [0.1, 0.15) is 5.75 Å². The number of hydrogen-bond donors (Lipinski definition) is 0. The van der Waals surface area contributed by atoms with E-state index in [0.29, 0.717) is 5.69 Å². The summed E-state index contributed by atoms with van der Waals surface area (Å²) < 4.78 is 40.7. The minimum atomic E-state index is -4.36. The molecule has 1 rings (SSSR count). The van der Waals surface area contributed by atoms with E-state index in [1.165, 1.54) is 12.3 Å². The lowest BCUT2D eigenvalue weighted by Crippen LogP contribution is -2.20. The van der Waals surface area contributed by atoms with Crippen LogP contribution < -0.4 is 4.74 Å². The zero-order valence-electron chi connectivity index (χ0n) is 8.81. The second-order valence-electron chi connectivity index (χ2n) is 3.60. The summed E-state index contributed by atoms with van der Waals surface area (Å²) in [7, 11) is 0. The van der Waals surface area contributed by atoms with Crippen LogP contribution in [-0.4, -0.2) is 17.8 Å². The van der Waals surface area contributed by atoms with E-state index in [1.54, 1.807) is 0 Å². The third-order valence-corrected chi connectivity index (χ3v) is 1.99. The van der Waals surface area contributed by atoms with Crippen molar-refractivity contribution in [3.63, 3.8) is 0 Å². The molecule has 2 nitrogen and oxygen atoms in total. The van der Waals surface area contributed by atoms with Gasteiger partial charge in [-0.1, -0.05) is 25.4 Å². The van der Waals surface area contributed by atoms with E-state index in [2.05, 4.69) is 9.72 Å². The third-order valence-electron chi connectivity index (χ3n) is 1.79. The van der Waals surface area contributed by atoms with Gasteiger partial charge in [-0.05, 0) is 5.92 Å². The molecule has 0 radical (unpaired) electrons. The molecule has 0 bridgehead atoms. The SMILES string of the molecule is CC(C)c1ncc(Cl)cc1OCC(F)(F)F. The average Bonchev–Trinajstić information content (AvgIpc) is 2.13. The molecule has 16 heavy (non-hydrogen) atoms. The highest BCUT2D eigenvalue weighted by Gasteiger charge is 2.29. The Bertz CT molecular complexity index is 366. The van der Waals surface area contributed by atoms with Crippen molar-refractivity contribution in [3.05, 3.63) is 23.0 Å². The number of hydrogen-bond acceptors (Lipinski definition) is 2. The van der Waals surface area contributed by atoms with E-state index in [0.717, 1.165) is 0 Å². The van der Waals surface area contributed by atoms with Gasteiger partial charge >= 0.3 is 6.18 Å². The number of aromatic nitrogens is 1. The molecule has 0 N–H and O–H groups in total. The molecule has 1 aromatic rings. The first-order valence-electron chi connectivity index (χ1n) is 4.64. The van der Waals surface area contributed by atoms with Gasteiger partial charge in [-0.15, -0.1) is 0 Å². The molecule has 0 aliphatic heterocycles. The summed E-state index contributed by atoms with van der Waals surface area (Å²) in [5, 5.41) is 0.251. The van der Waals surface area contributed by atoms with Crippen molar-refractivity contribution in [3.8, 4) is 5.75 Å². The van der Waals surface area contributed by atoms with Gasteiger partial charge in [0.25, 0.3) is 0 Å². The Labute approximate surface area is 96.4 Å². The third kappa shape index (κ3) is 3.89. The fourth-order valence-electron chi connectivity index (χ4n) is 1.14. The lowest BCUT2D eigenvalue weighted by Gasteiger charge is -2.14. The number of alkyl halides is 3. The van der Waals surface area contributed by atoms with E-state index < -0.39 is 12.8 Å². The largest absolute Gasteiger partial charge is 0.482 e. The van der Waals surface area contributed by atoms with Crippen molar-refractivity contribution < 1.29 is 17.9 Å². The van der Waals surface area contributed by atoms with Crippen molar-refractivity contribution in [2.75, 3.05) is 6.61 Å². The Balaban J connectivity index is 2.88. The number of halogens is 4. The van der Waals surface area contributed by atoms with Gasteiger partial charge in [0.05, 0.1) is 10.7 Å². The maximum absolute atomic E-state index is 12.0. The first-order chi connectivity index (χ1) is 7.29. The summed E-state index contributed by atoms with van der Waals surface area (Å²) in [6.07, 6.45) is -2.98. The summed E-state index contributed by atoms with van der Waals surface area (Å²) in [5.74, 6) is 0.0559. The van der Waals surface area contributed by atoms with Gasteiger partial charge in [0.2, 0.25) is 0 Å². The van der Waals surface area contributed by atoms with Crippen LogP contribution in [0, 0.1) is 0 Å². The normalized spacial score (nSPS) is 11.9. The molecule has 0 amide bonds. The molecule has 0 atom stereocenters. The molecule has 1 aromatic heterocycles. The van der Waals surface area contributed by atoms with E-state index in [4.69, 9.17) is 11.6 Å². The zero-order chi connectivity index (χ0) is 12.3. The van der Waals surface area contributed by atoms with Gasteiger partial charge in [0, 0.05) is 12.3 Å². The van der Waals surface area contributed by atoms with Crippen LogP contribution in [0.25, 0.3) is 0 Å². The van der Waals surface area contributed by atoms with Gasteiger partial charge in [-0.2, -0.15) is 13.2 Å². The van der Waals surface area contributed by atoms with Crippen molar-refractivity contribution in [2.24, 2.45) is 0 Å². The standard InChI is InChI=1S/C10H11ClF3NO/c1-6(2)9-8(3-7(11)4-15-9)16-5-10(12,13)14/h3-4,6H,5H2,1-2H3. The van der Waals surface area contributed by atoms with E-state index in [1.807, 2.05) is 13.8 Å². The second-order valence-corrected chi connectivity index (χ2v) is 4.03. The average molecular weight is 254 g/mol. The molecule has 0 aliphatic rings. The Kier molecular flexibility index (Phi) is 4.02. The molecule has 0 saturated carbocycles. The summed E-state index contributed by atoms with van der Waals surface area (Å²) in [6, 6.07) is 1.34. The second kappa shape index (κ2) is 4.91. The Morgan fingerprint density at radius 2 is 2.06 bits per heavy atom. The van der Waals surface area contributed by atoms with Crippen molar-refractivity contribution in [1.82, 2.24) is 4.98 Å². The van der Waals surface area contributed by atoms with Gasteiger partial charge in [-0.3, -0.25) is 4.98 Å². The minimum absolute atomic E-state index is 0.0273. The van der Waals surface area contributed by atoms with Crippen LogP contribution in [0.3, 0.4) is 0 Å². The summed E-state index contributed by atoms with van der Waals surface area (Å²) in [5.41, 5.74) is 0.466. The highest BCUT2D eigenvalue weighted by Crippen LogP contribution is 2.28. The monoisotopic (exact) mass is 253 g/mol. The van der Waals surface area contributed by atoms with Crippen molar-refractivity contribution in [2.45, 2.75) is 25.9 Å². The zero-order valence-corrected chi connectivity index (χ0v) is 9.56. The number of pyridine rings is 1. The predicted molar refractivity (Wildman–Crippen MR) is 54.9 cm³/mol. The maximum Gasteiger partial charge on any atom is 0.422 e. The molecule has 0 aromatic carbocycles. The lowest BCUT2D eigenvalue weighted by atomic mass is 10.1. The smallest absolute Gasteiger partial charge is 0.422 e. The maximum atomic E-state index is 12.0. The Morgan fingerprint density at radius 1 is 1.44 bits per heavy atom. The highest BCUT2D eigenvalue weighted by atomic mass is 35.5. The molecule has 0 spiro atoms. The molecular formula is C10H11ClF3NO. The predicted octanol–water partition coefficient (Wildman–Crippen LogP) is 3.80. The van der Waals surface area contributed by atoms with E-state index in [9.17, 15) is 13.2 Å². The van der Waals surface area contributed by atoms with Crippen LogP contribution in [0.5, 0.6) is 5.75 Å². The number of ether oxygens (including phenoxy) is 1. The summed E-state index contributed by atoms with van der Waals surface area (Å²) in [4.78, 5) is 3.95. The first-order valence-corrected chi connectivity index (χ1v) is 5.02. The summed E-state index contributed by atoms with van der Waals surface area (Å²) in [6.45, 7) is 2.29. The molecular weight excluding hydrogens is 243 g/mol. The van der Waals surface area contributed by atoms with Crippen LogP contribution in [0.1, 0.15) is 25.5 Å². The lowest BCUT2D eigenvalue weighted by molar-refractivity contribution is -0.153. The molecule has 1 heterocycles. The first kappa shape index (κ1) is 13.1. The number of rotatable bonds is 3. The van der Waals surface area contributed by atoms with Crippen molar-refractivity contribution in [1.29, 1.82) is 0 Å². The van der Waals surface area contributed by atoms with Crippen LogP contribution in [-0.2, 0) is 0 Å². The van der Waals surface area contributed by atoms with Crippen LogP contribution in [0.2, 0.25) is 5.02 Å². The molecule has 0 saturated heterocycles. The quantitative estimate of drug-likeness (QED) is 0.817. The minimum Gasteiger partial charge on any atom is -0.482 e. The summed E-state index contributed by atoms with van der Waals surface area (Å²) >= 11 is 5.65. The Morgan fingerprint density at radius 3 is 2.56 bits per heavy atom. The topological polar surface area (TPSA) is 22.1 Å². The van der Waals surface area contributed by atoms with Gasteiger partial charge in [-0.25, -0.2) is 0 Å². The fraction of sp³-hybridized carbons (Fsp3) is 0.500. The van der Waals surface area contributed by atoms with Gasteiger partial charge < -0.3 is 4.74 Å². The molecule has 0 aliphatic carbocycles. The highest BCUT2D eigenvalue weighted by molar-refractivity contribution is 6.30. The van der Waals surface area contributed by atoms with Crippen molar-refractivity contribution >= 4 is 11.6 Å². The number of nitrogens with zero attached hydrogens (tertiary/aromatic N) is 1. The Hall–Kier alpha value is -0.970. The van der Waals surface area contributed by atoms with E-state index in [-0.39, 0.29) is 16.7 Å².